The highest BCUT2D eigenvalue weighted by atomic mass is 15.1. The van der Waals surface area contributed by atoms with Crippen molar-refractivity contribution in [3.63, 3.8) is 0 Å². The van der Waals surface area contributed by atoms with Crippen LogP contribution in [0, 0.1) is 13.8 Å². The summed E-state index contributed by atoms with van der Waals surface area (Å²) in [6, 6.07) is 9.19. The van der Waals surface area contributed by atoms with E-state index in [1.807, 2.05) is 6.20 Å². The molecular weight excluding hydrogens is 234 g/mol. The summed E-state index contributed by atoms with van der Waals surface area (Å²) in [7, 11) is 2.20. The fourth-order valence-electron chi connectivity index (χ4n) is 3.09. The minimum Gasteiger partial charge on any atom is -0.303 e. The van der Waals surface area contributed by atoms with Crippen molar-refractivity contribution in [2.24, 2.45) is 0 Å². The molecule has 1 fully saturated rings. The van der Waals surface area contributed by atoms with Crippen molar-refractivity contribution >= 4 is 0 Å². The summed E-state index contributed by atoms with van der Waals surface area (Å²) in [6.45, 7) is 5.43. The smallest absolute Gasteiger partial charge is 0.136 e. The van der Waals surface area contributed by atoms with E-state index < -0.39 is 0 Å². The zero-order valence-electron chi connectivity index (χ0n) is 11.9. The van der Waals surface area contributed by atoms with E-state index in [-0.39, 0.29) is 0 Å². The molecule has 0 aliphatic carbocycles. The number of rotatable bonds is 2. The van der Waals surface area contributed by atoms with Gasteiger partial charge in [-0.05, 0) is 64.0 Å². The van der Waals surface area contributed by atoms with Crippen molar-refractivity contribution in [1.82, 2.24) is 14.5 Å². The molecule has 0 spiro atoms. The molecule has 0 amide bonds. The molecule has 3 heteroatoms. The van der Waals surface area contributed by atoms with Crippen LogP contribution in [0.25, 0.3) is 5.82 Å². The third-order valence-electron chi connectivity index (χ3n) is 4.18. The van der Waals surface area contributed by atoms with Crippen LogP contribution in [0.2, 0.25) is 0 Å². The summed E-state index contributed by atoms with van der Waals surface area (Å²) in [5.74, 6) is 1.02. The highest BCUT2D eigenvalue weighted by Crippen LogP contribution is 2.30. The molecule has 1 aliphatic rings. The molecule has 1 atom stereocenters. The maximum absolute atomic E-state index is 4.66. The van der Waals surface area contributed by atoms with Crippen LogP contribution in [0.3, 0.4) is 0 Å². The van der Waals surface area contributed by atoms with Gasteiger partial charge in [-0.25, -0.2) is 4.98 Å². The highest BCUT2D eigenvalue weighted by molar-refractivity contribution is 5.33. The summed E-state index contributed by atoms with van der Waals surface area (Å²) < 4.78 is 2.20. The Morgan fingerprint density at radius 3 is 2.37 bits per heavy atom. The summed E-state index contributed by atoms with van der Waals surface area (Å²) in [4.78, 5) is 7.08. The normalized spacial score (nSPS) is 20.1. The lowest BCUT2D eigenvalue weighted by molar-refractivity contribution is 0.317. The minimum atomic E-state index is 0.549. The van der Waals surface area contributed by atoms with Gasteiger partial charge in [0.25, 0.3) is 0 Å². The quantitative estimate of drug-likeness (QED) is 0.821. The van der Waals surface area contributed by atoms with Crippen LogP contribution >= 0.6 is 0 Å². The van der Waals surface area contributed by atoms with Crippen molar-refractivity contribution < 1.29 is 0 Å². The van der Waals surface area contributed by atoms with Gasteiger partial charge in [0, 0.05) is 23.6 Å². The second-order valence-electron chi connectivity index (χ2n) is 5.54. The second-order valence-corrected chi connectivity index (χ2v) is 5.54. The van der Waals surface area contributed by atoms with Crippen LogP contribution < -0.4 is 0 Å². The largest absolute Gasteiger partial charge is 0.303 e. The lowest BCUT2D eigenvalue weighted by Crippen LogP contribution is -2.17. The topological polar surface area (TPSA) is 21.1 Å². The number of nitrogens with zero attached hydrogens (tertiary/aromatic N) is 3. The fraction of sp³-hybridized carbons (Fsp3) is 0.438. The van der Waals surface area contributed by atoms with Gasteiger partial charge < -0.3 is 4.57 Å². The predicted octanol–water partition coefficient (Wildman–Crippen LogP) is 3.26. The third kappa shape index (κ3) is 2.19. The summed E-state index contributed by atoms with van der Waals surface area (Å²) in [5.41, 5.74) is 3.80. The SMILES string of the molecule is Cc1ccc(C)n1-c1ccc([C@@H]2CCCN2C)cn1. The number of aryl methyl sites for hydroxylation is 2. The summed E-state index contributed by atoms with van der Waals surface area (Å²) >= 11 is 0. The number of likely N-dealkylation sites (tertiary alicyclic amines) is 1. The van der Waals surface area contributed by atoms with Crippen molar-refractivity contribution in [2.45, 2.75) is 32.7 Å². The van der Waals surface area contributed by atoms with Gasteiger partial charge in [-0.3, -0.25) is 4.90 Å². The van der Waals surface area contributed by atoms with Crippen molar-refractivity contribution in [3.8, 4) is 5.82 Å². The zero-order chi connectivity index (χ0) is 13.4. The fourth-order valence-corrected chi connectivity index (χ4v) is 3.09. The molecule has 0 radical (unpaired) electrons. The highest BCUT2D eigenvalue weighted by Gasteiger charge is 2.22. The molecule has 0 N–H and O–H groups in total. The van der Waals surface area contributed by atoms with Crippen LogP contribution in [0.4, 0.5) is 0 Å². The van der Waals surface area contributed by atoms with E-state index in [4.69, 9.17) is 0 Å². The molecular formula is C16H21N3. The Labute approximate surface area is 114 Å². The molecule has 3 heterocycles. The van der Waals surface area contributed by atoms with Crippen LogP contribution in [-0.2, 0) is 0 Å². The number of hydrogen-bond donors (Lipinski definition) is 0. The Hall–Kier alpha value is -1.61. The van der Waals surface area contributed by atoms with Crippen LogP contribution in [0.15, 0.2) is 30.5 Å². The average molecular weight is 255 g/mol. The van der Waals surface area contributed by atoms with Crippen LogP contribution in [-0.4, -0.2) is 28.0 Å². The van der Waals surface area contributed by atoms with E-state index in [0.717, 1.165) is 5.82 Å². The molecule has 0 bridgehead atoms. The van der Waals surface area contributed by atoms with Gasteiger partial charge >= 0.3 is 0 Å². The molecule has 0 aromatic carbocycles. The van der Waals surface area contributed by atoms with Gasteiger partial charge in [-0.15, -0.1) is 0 Å². The lowest BCUT2D eigenvalue weighted by atomic mass is 10.1. The molecule has 3 nitrogen and oxygen atoms in total. The summed E-state index contributed by atoms with van der Waals surface area (Å²) in [6.07, 6.45) is 4.58. The van der Waals surface area contributed by atoms with Crippen molar-refractivity contribution in [2.75, 3.05) is 13.6 Å². The van der Waals surface area contributed by atoms with Gasteiger partial charge in [0.1, 0.15) is 5.82 Å². The maximum Gasteiger partial charge on any atom is 0.136 e. The van der Waals surface area contributed by atoms with Crippen LogP contribution in [0.5, 0.6) is 0 Å². The zero-order valence-corrected chi connectivity index (χ0v) is 11.9. The van der Waals surface area contributed by atoms with Crippen molar-refractivity contribution in [1.29, 1.82) is 0 Å². The molecule has 0 saturated carbocycles. The Balaban J connectivity index is 1.91. The van der Waals surface area contributed by atoms with E-state index in [2.05, 4.69) is 59.6 Å². The molecule has 19 heavy (non-hydrogen) atoms. The first-order valence-electron chi connectivity index (χ1n) is 6.98. The first-order chi connectivity index (χ1) is 9.16. The van der Waals surface area contributed by atoms with E-state index in [9.17, 15) is 0 Å². The molecule has 100 valence electrons. The Bertz CT molecular complexity index is 549. The lowest BCUT2D eigenvalue weighted by Gasteiger charge is -2.19. The average Bonchev–Trinajstić information content (AvgIpc) is 2.97. The monoisotopic (exact) mass is 255 g/mol. The van der Waals surface area contributed by atoms with E-state index in [1.54, 1.807) is 0 Å². The van der Waals surface area contributed by atoms with Gasteiger partial charge in [0.15, 0.2) is 0 Å². The van der Waals surface area contributed by atoms with Crippen LogP contribution in [0.1, 0.15) is 35.8 Å². The standard InChI is InChI=1S/C16H21N3/c1-12-6-7-13(2)19(12)16-9-8-14(11-17-16)15-5-4-10-18(15)3/h6-9,11,15H,4-5,10H2,1-3H3/t15-/m0/s1. The first-order valence-corrected chi connectivity index (χ1v) is 6.98. The Morgan fingerprint density at radius 2 is 1.84 bits per heavy atom. The van der Waals surface area contributed by atoms with E-state index in [0.29, 0.717) is 6.04 Å². The molecule has 3 rings (SSSR count). The second kappa shape index (κ2) is 4.82. The molecule has 0 unspecified atom stereocenters. The van der Waals surface area contributed by atoms with E-state index >= 15 is 0 Å². The molecule has 2 aromatic heterocycles. The summed E-state index contributed by atoms with van der Waals surface area (Å²) in [5, 5.41) is 0. The Morgan fingerprint density at radius 1 is 1.11 bits per heavy atom. The number of aromatic nitrogens is 2. The molecule has 1 aliphatic heterocycles. The number of pyridine rings is 1. The van der Waals surface area contributed by atoms with Gasteiger partial charge in [-0.1, -0.05) is 6.07 Å². The van der Waals surface area contributed by atoms with E-state index in [1.165, 1.54) is 36.3 Å². The van der Waals surface area contributed by atoms with Gasteiger partial charge in [0.2, 0.25) is 0 Å². The predicted molar refractivity (Wildman–Crippen MR) is 77.6 cm³/mol. The van der Waals surface area contributed by atoms with Gasteiger partial charge in [-0.2, -0.15) is 0 Å². The van der Waals surface area contributed by atoms with Crippen molar-refractivity contribution in [3.05, 3.63) is 47.4 Å². The van der Waals surface area contributed by atoms with Gasteiger partial charge in [0.05, 0.1) is 0 Å². The molecule has 1 saturated heterocycles. The Kier molecular flexibility index (Phi) is 3.15. The number of hydrogen-bond acceptors (Lipinski definition) is 2. The minimum absolute atomic E-state index is 0.549. The first kappa shape index (κ1) is 12.4. The maximum atomic E-state index is 4.66. The third-order valence-corrected chi connectivity index (χ3v) is 4.18. The molecule has 2 aromatic rings.